The minimum atomic E-state index is 0.697. The van der Waals surface area contributed by atoms with E-state index in [1.165, 1.54) is 5.69 Å². The summed E-state index contributed by atoms with van der Waals surface area (Å²) in [6, 6.07) is 8.03. The zero-order chi connectivity index (χ0) is 17.6. The van der Waals surface area contributed by atoms with Gasteiger partial charge < -0.3 is 14.7 Å². The van der Waals surface area contributed by atoms with Crippen LogP contribution in [0, 0.1) is 0 Å². The van der Waals surface area contributed by atoms with Crippen LogP contribution in [-0.4, -0.2) is 55.0 Å². The zero-order valence-corrected chi connectivity index (χ0v) is 15.7. The number of piperazine rings is 1. The molecule has 0 aliphatic carbocycles. The number of halogens is 1. The standard InChI is InChI=1S/C18H25ClN6/c1-3-4-8-23(2)18-21-17(14-20-22-18)25-11-9-24(10-12-25)16-7-5-6-15(19)13-16/h5-7,13-14H,3-4,8-12H2,1-2H3. The molecule has 2 heterocycles. The second-order valence-corrected chi connectivity index (χ2v) is 6.78. The molecule has 0 unspecified atom stereocenters. The molecule has 1 saturated heterocycles. The highest BCUT2D eigenvalue weighted by Crippen LogP contribution is 2.22. The van der Waals surface area contributed by atoms with Gasteiger partial charge in [0.15, 0.2) is 5.82 Å². The Balaban J connectivity index is 1.63. The SMILES string of the molecule is CCCCN(C)c1nncc(N2CCN(c3cccc(Cl)c3)CC2)n1. The van der Waals surface area contributed by atoms with Crippen LogP contribution < -0.4 is 14.7 Å². The first kappa shape index (κ1) is 17.7. The highest BCUT2D eigenvalue weighted by molar-refractivity contribution is 6.30. The van der Waals surface area contributed by atoms with Crippen molar-refractivity contribution in [2.24, 2.45) is 0 Å². The molecule has 134 valence electrons. The molecule has 0 spiro atoms. The minimum Gasteiger partial charge on any atom is -0.368 e. The first-order chi connectivity index (χ1) is 12.2. The molecule has 1 aliphatic heterocycles. The lowest BCUT2D eigenvalue weighted by Crippen LogP contribution is -2.47. The van der Waals surface area contributed by atoms with E-state index in [2.05, 4.69) is 37.9 Å². The highest BCUT2D eigenvalue weighted by atomic mass is 35.5. The van der Waals surface area contributed by atoms with Gasteiger partial charge in [-0.3, -0.25) is 0 Å². The van der Waals surface area contributed by atoms with Crippen LogP contribution in [0.5, 0.6) is 0 Å². The van der Waals surface area contributed by atoms with Crippen LogP contribution in [0.25, 0.3) is 0 Å². The van der Waals surface area contributed by atoms with Crippen molar-refractivity contribution in [2.45, 2.75) is 19.8 Å². The summed E-state index contributed by atoms with van der Waals surface area (Å²) in [4.78, 5) is 11.4. The monoisotopic (exact) mass is 360 g/mol. The molecule has 1 aromatic carbocycles. The third kappa shape index (κ3) is 4.51. The molecule has 1 aliphatic rings. The van der Waals surface area contributed by atoms with Gasteiger partial charge in [-0.05, 0) is 24.6 Å². The molecule has 1 fully saturated rings. The Labute approximate surface area is 154 Å². The maximum atomic E-state index is 6.10. The minimum absolute atomic E-state index is 0.697. The van der Waals surface area contributed by atoms with Crippen molar-refractivity contribution >= 4 is 29.1 Å². The van der Waals surface area contributed by atoms with E-state index < -0.39 is 0 Å². The van der Waals surface area contributed by atoms with Gasteiger partial charge in [0.1, 0.15) is 0 Å². The Hall–Kier alpha value is -2.08. The first-order valence-electron chi connectivity index (χ1n) is 8.83. The fraction of sp³-hybridized carbons (Fsp3) is 0.500. The van der Waals surface area contributed by atoms with Gasteiger partial charge in [0.05, 0.1) is 6.20 Å². The number of hydrogen-bond donors (Lipinski definition) is 0. The summed E-state index contributed by atoms with van der Waals surface area (Å²) in [6.07, 6.45) is 4.04. The lowest BCUT2D eigenvalue weighted by atomic mass is 10.2. The highest BCUT2D eigenvalue weighted by Gasteiger charge is 2.19. The molecule has 0 bridgehead atoms. The fourth-order valence-electron chi connectivity index (χ4n) is 2.96. The van der Waals surface area contributed by atoms with Gasteiger partial charge in [0.2, 0.25) is 5.95 Å². The maximum Gasteiger partial charge on any atom is 0.247 e. The van der Waals surface area contributed by atoms with Crippen LogP contribution in [0.1, 0.15) is 19.8 Å². The zero-order valence-electron chi connectivity index (χ0n) is 14.9. The maximum absolute atomic E-state index is 6.10. The van der Waals surface area contributed by atoms with E-state index in [0.29, 0.717) is 5.95 Å². The average molecular weight is 361 g/mol. The van der Waals surface area contributed by atoms with E-state index in [-0.39, 0.29) is 0 Å². The number of unbranched alkanes of at least 4 members (excludes halogenated alkanes) is 1. The third-order valence-corrected chi connectivity index (χ3v) is 4.74. The van der Waals surface area contributed by atoms with Crippen molar-refractivity contribution < 1.29 is 0 Å². The predicted octanol–water partition coefficient (Wildman–Crippen LogP) is 3.09. The van der Waals surface area contributed by atoms with Crippen LogP contribution in [-0.2, 0) is 0 Å². The van der Waals surface area contributed by atoms with Gasteiger partial charge in [-0.15, -0.1) is 5.10 Å². The first-order valence-corrected chi connectivity index (χ1v) is 9.21. The van der Waals surface area contributed by atoms with Crippen LogP contribution in [0.15, 0.2) is 30.5 Å². The van der Waals surface area contributed by atoms with Gasteiger partial charge in [-0.1, -0.05) is 31.0 Å². The molecule has 2 aromatic rings. The van der Waals surface area contributed by atoms with Gasteiger partial charge >= 0.3 is 0 Å². The Bertz CT molecular complexity index is 687. The second-order valence-electron chi connectivity index (χ2n) is 6.34. The molecular formula is C18H25ClN6. The quantitative estimate of drug-likeness (QED) is 0.789. The fourth-order valence-corrected chi connectivity index (χ4v) is 3.15. The van der Waals surface area contributed by atoms with Crippen molar-refractivity contribution in [1.29, 1.82) is 0 Å². The van der Waals surface area contributed by atoms with E-state index in [0.717, 1.165) is 56.4 Å². The Morgan fingerprint density at radius 2 is 1.92 bits per heavy atom. The smallest absolute Gasteiger partial charge is 0.247 e. The van der Waals surface area contributed by atoms with Crippen LogP contribution >= 0.6 is 11.6 Å². The van der Waals surface area contributed by atoms with E-state index in [1.807, 2.05) is 25.2 Å². The molecule has 25 heavy (non-hydrogen) atoms. The third-order valence-electron chi connectivity index (χ3n) is 4.50. The largest absolute Gasteiger partial charge is 0.368 e. The number of anilines is 3. The summed E-state index contributed by atoms with van der Waals surface area (Å²) in [5.74, 6) is 1.60. The molecule has 6 nitrogen and oxygen atoms in total. The number of nitrogens with zero attached hydrogens (tertiary/aromatic N) is 6. The molecule has 0 saturated carbocycles. The number of benzene rings is 1. The topological polar surface area (TPSA) is 48.4 Å². The summed E-state index contributed by atoms with van der Waals surface area (Å²) in [7, 11) is 2.02. The predicted molar refractivity (Wildman–Crippen MR) is 104 cm³/mol. The molecule has 0 atom stereocenters. The van der Waals surface area contributed by atoms with Crippen LogP contribution in [0.2, 0.25) is 5.02 Å². The van der Waals surface area contributed by atoms with Crippen molar-refractivity contribution in [3.63, 3.8) is 0 Å². The van der Waals surface area contributed by atoms with Gasteiger partial charge in [-0.2, -0.15) is 10.1 Å². The second kappa shape index (κ2) is 8.34. The van der Waals surface area contributed by atoms with E-state index in [4.69, 9.17) is 16.6 Å². The Morgan fingerprint density at radius 3 is 2.64 bits per heavy atom. The van der Waals surface area contributed by atoms with Crippen LogP contribution in [0.3, 0.4) is 0 Å². The van der Waals surface area contributed by atoms with E-state index in [1.54, 1.807) is 6.20 Å². The van der Waals surface area contributed by atoms with Gasteiger partial charge in [0, 0.05) is 50.5 Å². The molecule has 3 rings (SSSR count). The van der Waals surface area contributed by atoms with E-state index in [9.17, 15) is 0 Å². The lowest BCUT2D eigenvalue weighted by Gasteiger charge is -2.36. The van der Waals surface area contributed by atoms with Crippen molar-refractivity contribution in [3.8, 4) is 0 Å². The van der Waals surface area contributed by atoms with Crippen LogP contribution in [0.4, 0.5) is 17.5 Å². The molecular weight excluding hydrogens is 336 g/mol. The van der Waals surface area contributed by atoms with Crippen molar-refractivity contribution in [2.75, 3.05) is 54.5 Å². The van der Waals surface area contributed by atoms with E-state index >= 15 is 0 Å². The summed E-state index contributed by atoms with van der Waals surface area (Å²) < 4.78 is 0. The van der Waals surface area contributed by atoms with Crippen molar-refractivity contribution in [1.82, 2.24) is 15.2 Å². The summed E-state index contributed by atoms with van der Waals surface area (Å²) in [5, 5.41) is 9.10. The number of aromatic nitrogens is 3. The van der Waals surface area contributed by atoms with Gasteiger partial charge in [-0.25, -0.2) is 0 Å². The average Bonchev–Trinajstić information content (AvgIpc) is 2.66. The van der Waals surface area contributed by atoms with Gasteiger partial charge in [0.25, 0.3) is 0 Å². The summed E-state index contributed by atoms with van der Waals surface area (Å²) >= 11 is 6.10. The van der Waals surface area contributed by atoms with Crippen molar-refractivity contribution in [3.05, 3.63) is 35.5 Å². The molecule has 1 aromatic heterocycles. The normalized spacial score (nSPS) is 14.7. The molecule has 0 amide bonds. The Morgan fingerprint density at radius 1 is 1.16 bits per heavy atom. The summed E-state index contributed by atoms with van der Waals surface area (Å²) in [6.45, 7) is 6.82. The number of hydrogen-bond acceptors (Lipinski definition) is 6. The Kier molecular flexibility index (Phi) is 5.91. The summed E-state index contributed by atoms with van der Waals surface area (Å²) in [5.41, 5.74) is 1.17. The molecule has 7 heteroatoms. The molecule has 0 N–H and O–H groups in total. The number of rotatable bonds is 6. The molecule has 0 radical (unpaired) electrons. The lowest BCUT2D eigenvalue weighted by molar-refractivity contribution is 0.642.